The number of nitrogens with zero attached hydrogens (tertiary/aromatic N) is 2. The Kier molecular flexibility index (Phi) is 10.0. The number of carbonyl (C=O) groups is 1. The van der Waals surface area contributed by atoms with Crippen molar-refractivity contribution >= 4 is 67.1 Å². The Hall–Kier alpha value is -2.70. The number of carbonyl (C=O) groups excluding carboxylic acids is 1. The standard InChI is InChI=1S/C26H21Cl2N3O6S.Na/c1-3-37-21-10-6-9-19(27)24(21)29-26(33)18-11-15-7-4-5-8-17(15)23(25(18)32)31-30-16-12-20(28)14(2)22(13-16)38(34,35)36;/h4-13,32H,3H2,1-2H3,(H,29,33)(H,34,35,36);/q;+1/p-1. The molecule has 0 spiro atoms. The number of ether oxygens (including phenoxy) is 1. The molecule has 0 heterocycles. The van der Waals surface area contributed by atoms with Crippen LogP contribution in [0.15, 0.2) is 75.8 Å². The third-order valence-corrected chi connectivity index (χ3v) is 7.25. The molecule has 9 nitrogen and oxygen atoms in total. The van der Waals surface area contributed by atoms with Gasteiger partial charge in [0.15, 0.2) is 0 Å². The van der Waals surface area contributed by atoms with E-state index >= 15 is 0 Å². The van der Waals surface area contributed by atoms with Crippen molar-refractivity contribution < 1.29 is 57.2 Å². The minimum Gasteiger partial charge on any atom is -0.870 e. The van der Waals surface area contributed by atoms with E-state index in [4.69, 9.17) is 27.9 Å². The molecular formula is C26H20Cl2N3NaO6S. The Labute approximate surface area is 256 Å². The van der Waals surface area contributed by atoms with Gasteiger partial charge in [-0.15, -0.1) is 0 Å². The monoisotopic (exact) mass is 595 g/mol. The van der Waals surface area contributed by atoms with Crippen molar-refractivity contribution in [3.05, 3.63) is 81.8 Å². The summed E-state index contributed by atoms with van der Waals surface area (Å²) in [6, 6.07) is 15.5. The molecule has 0 aliphatic carbocycles. The summed E-state index contributed by atoms with van der Waals surface area (Å²) in [6.45, 7) is 3.54. The number of halogens is 2. The number of amides is 1. The third kappa shape index (κ3) is 6.72. The topological polar surface area (TPSA) is 140 Å². The maximum atomic E-state index is 13.4. The first-order valence-corrected chi connectivity index (χ1v) is 13.4. The fourth-order valence-corrected chi connectivity index (χ4v) is 4.98. The molecule has 0 unspecified atom stereocenters. The van der Waals surface area contributed by atoms with Crippen LogP contribution in [0.4, 0.5) is 17.1 Å². The smallest absolute Gasteiger partial charge is 0.870 e. The van der Waals surface area contributed by atoms with E-state index in [0.29, 0.717) is 23.1 Å². The SMILES string of the molecule is CCOc1cccc(Cl)c1NC(=O)c1cc2ccccc2c(N=Nc2cc(Cl)c(C)c(S(=O)(=O)O)c2)c1[O-].[Na+]. The van der Waals surface area contributed by atoms with Crippen molar-refractivity contribution in [3.8, 4) is 11.5 Å². The van der Waals surface area contributed by atoms with Gasteiger partial charge >= 0.3 is 29.6 Å². The van der Waals surface area contributed by atoms with Gasteiger partial charge in [0.2, 0.25) is 0 Å². The van der Waals surface area contributed by atoms with Crippen molar-refractivity contribution in [1.29, 1.82) is 0 Å². The van der Waals surface area contributed by atoms with Gasteiger partial charge in [0.05, 0.1) is 23.0 Å². The average Bonchev–Trinajstić information content (AvgIpc) is 2.86. The Morgan fingerprint density at radius 2 is 1.77 bits per heavy atom. The van der Waals surface area contributed by atoms with Crippen LogP contribution in [0.5, 0.6) is 11.5 Å². The van der Waals surface area contributed by atoms with Crippen molar-refractivity contribution in [2.24, 2.45) is 10.2 Å². The Bertz CT molecular complexity index is 1710. The zero-order chi connectivity index (χ0) is 27.6. The van der Waals surface area contributed by atoms with E-state index in [1.807, 2.05) is 0 Å². The van der Waals surface area contributed by atoms with Gasteiger partial charge in [-0.2, -0.15) is 18.6 Å². The molecule has 0 radical (unpaired) electrons. The zero-order valence-corrected chi connectivity index (χ0v) is 25.4. The summed E-state index contributed by atoms with van der Waals surface area (Å²) in [4.78, 5) is 12.8. The van der Waals surface area contributed by atoms with Gasteiger partial charge < -0.3 is 15.2 Å². The van der Waals surface area contributed by atoms with E-state index in [1.54, 1.807) is 49.4 Å². The quantitative estimate of drug-likeness (QED) is 0.189. The van der Waals surface area contributed by atoms with Gasteiger partial charge in [-0.05, 0) is 55.1 Å². The van der Waals surface area contributed by atoms with Crippen LogP contribution in [0.1, 0.15) is 22.8 Å². The molecule has 1 amide bonds. The number of nitrogens with one attached hydrogen (secondary N) is 1. The number of hydrogen-bond donors (Lipinski definition) is 2. The number of rotatable bonds is 7. The molecule has 4 rings (SSSR count). The summed E-state index contributed by atoms with van der Waals surface area (Å²) < 4.78 is 38.5. The van der Waals surface area contributed by atoms with Crippen LogP contribution in [0.2, 0.25) is 10.0 Å². The van der Waals surface area contributed by atoms with Gasteiger partial charge in [-0.1, -0.05) is 59.3 Å². The van der Waals surface area contributed by atoms with Crippen molar-refractivity contribution in [2.45, 2.75) is 18.7 Å². The van der Waals surface area contributed by atoms with E-state index in [9.17, 15) is 22.9 Å². The number of fused-ring (bicyclic) bond motifs is 1. The zero-order valence-electron chi connectivity index (χ0n) is 21.0. The van der Waals surface area contributed by atoms with E-state index in [1.165, 1.54) is 19.1 Å². The molecule has 0 fully saturated rings. The summed E-state index contributed by atoms with van der Waals surface area (Å²) in [6.07, 6.45) is 0. The van der Waals surface area contributed by atoms with Crippen LogP contribution >= 0.6 is 23.2 Å². The second-order valence-corrected chi connectivity index (χ2v) is 10.3. The summed E-state index contributed by atoms with van der Waals surface area (Å²) in [5, 5.41) is 25.3. The first-order valence-electron chi connectivity index (χ1n) is 11.2. The Morgan fingerprint density at radius 1 is 1.05 bits per heavy atom. The van der Waals surface area contributed by atoms with Gasteiger partial charge in [0, 0.05) is 16.0 Å². The molecule has 13 heteroatoms. The maximum Gasteiger partial charge on any atom is 1.00 e. The summed E-state index contributed by atoms with van der Waals surface area (Å²) in [7, 11) is -4.59. The molecule has 0 aliphatic rings. The van der Waals surface area contributed by atoms with Crippen LogP contribution in [0, 0.1) is 6.92 Å². The molecule has 196 valence electrons. The fourth-order valence-electron chi connectivity index (χ4n) is 3.73. The number of para-hydroxylation sites is 1. The Morgan fingerprint density at radius 3 is 2.46 bits per heavy atom. The predicted molar refractivity (Wildman–Crippen MR) is 144 cm³/mol. The van der Waals surface area contributed by atoms with E-state index in [-0.39, 0.29) is 67.8 Å². The van der Waals surface area contributed by atoms with Crippen LogP contribution in [0.3, 0.4) is 0 Å². The summed E-state index contributed by atoms with van der Waals surface area (Å²) in [5.74, 6) is -1.12. The molecule has 0 bridgehead atoms. The average molecular weight is 596 g/mol. The van der Waals surface area contributed by atoms with Crippen LogP contribution in [0.25, 0.3) is 10.8 Å². The molecule has 2 N–H and O–H groups in total. The minimum atomic E-state index is -4.59. The van der Waals surface area contributed by atoms with Crippen molar-refractivity contribution in [1.82, 2.24) is 0 Å². The molecule has 0 saturated carbocycles. The van der Waals surface area contributed by atoms with Gasteiger partial charge in [0.1, 0.15) is 16.3 Å². The molecule has 4 aromatic rings. The van der Waals surface area contributed by atoms with Gasteiger partial charge in [-0.25, -0.2) is 0 Å². The van der Waals surface area contributed by atoms with Crippen LogP contribution < -0.4 is 44.7 Å². The van der Waals surface area contributed by atoms with E-state index < -0.39 is 26.7 Å². The van der Waals surface area contributed by atoms with Crippen molar-refractivity contribution in [2.75, 3.05) is 11.9 Å². The molecular weight excluding hydrogens is 576 g/mol. The molecule has 39 heavy (non-hydrogen) atoms. The van der Waals surface area contributed by atoms with Gasteiger partial charge in [-0.3, -0.25) is 9.35 Å². The Balaban J connectivity index is 0.00000420. The fraction of sp³-hybridized carbons (Fsp3) is 0.115. The molecule has 0 saturated heterocycles. The molecule has 0 atom stereocenters. The number of benzene rings is 4. The number of hydrogen-bond acceptors (Lipinski definition) is 7. The summed E-state index contributed by atoms with van der Waals surface area (Å²) >= 11 is 12.4. The van der Waals surface area contributed by atoms with Gasteiger partial charge in [0.25, 0.3) is 16.0 Å². The first kappa shape index (κ1) is 30.8. The first-order chi connectivity index (χ1) is 18.0. The summed E-state index contributed by atoms with van der Waals surface area (Å²) in [5.41, 5.74) is -0.0522. The third-order valence-electron chi connectivity index (χ3n) is 5.56. The number of azo groups is 1. The van der Waals surface area contributed by atoms with E-state index in [0.717, 1.165) is 6.07 Å². The molecule has 4 aromatic carbocycles. The minimum absolute atomic E-state index is 0. The largest absolute Gasteiger partial charge is 1.00 e. The second kappa shape index (κ2) is 12.6. The maximum absolute atomic E-state index is 13.4. The molecule has 0 aliphatic heterocycles. The van der Waals surface area contributed by atoms with Crippen LogP contribution in [-0.2, 0) is 10.1 Å². The second-order valence-electron chi connectivity index (χ2n) is 8.05. The van der Waals surface area contributed by atoms with E-state index in [2.05, 4.69) is 15.5 Å². The normalized spacial score (nSPS) is 11.4. The predicted octanol–water partition coefficient (Wildman–Crippen LogP) is 3.85. The molecule has 0 aromatic heterocycles. The van der Waals surface area contributed by atoms with Crippen molar-refractivity contribution in [3.63, 3.8) is 0 Å². The number of anilines is 1. The van der Waals surface area contributed by atoms with Crippen LogP contribution in [-0.4, -0.2) is 25.5 Å².